The fourth-order valence-electron chi connectivity index (χ4n) is 4.36. The lowest BCUT2D eigenvalue weighted by Gasteiger charge is -2.31. The van der Waals surface area contributed by atoms with Crippen molar-refractivity contribution in [2.24, 2.45) is 0 Å². The van der Waals surface area contributed by atoms with E-state index in [2.05, 4.69) is 11.8 Å². The van der Waals surface area contributed by atoms with Crippen molar-refractivity contribution in [1.82, 2.24) is 14.5 Å². The summed E-state index contributed by atoms with van der Waals surface area (Å²) in [6.07, 6.45) is 0.122. The Morgan fingerprint density at radius 3 is 2.81 bits per heavy atom. The summed E-state index contributed by atoms with van der Waals surface area (Å²) in [4.78, 5) is 32.3. The van der Waals surface area contributed by atoms with Gasteiger partial charge in [-0.3, -0.25) is 9.69 Å². The topological polar surface area (TPSA) is 84.7 Å². The highest BCUT2D eigenvalue weighted by Gasteiger charge is 2.45. The molecule has 0 saturated heterocycles. The number of aromatic nitrogens is 2. The largest absolute Gasteiger partial charge is 0.458 e. The SMILES string of the molecule is CC[C@@]1(O)C(=O)OCc2c1cc1n(c2=O)Cc2cc3cc(C#CCN(C)C)ccc3nc2-1. The van der Waals surface area contributed by atoms with Gasteiger partial charge in [0.25, 0.3) is 5.56 Å². The second-order valence-corrected chi connectivity index (χ2v) is 8.55. The van der Waals surface area contributed by atoms with Gasteiger partial charge in [0, 0.05) is 22.1 Å². The van der Waals surface area contributed by atoms with Crippen molar-refractivity contribution in [3.8, 4) is 23.2 Å². The number of rotatable bonds is 2. The monoisotopic (exact) mass is 429 g/mol. The number of benzene rings is 1. The average molecular weight is 429 g/mol. The van der Waals surface area contributed by atoms with Crippen molar-refractivity contribution < 1.29 is 14.6 Å². The Hall–Kier alpha value is -3.47. The van der Waals surface area contributed by atoms with Crippen LogP contribution in [0.25, 0.3) is 22.3 Å². The number of carbonyl (C=O) groups excluding carboxylic acids is 1. The van der Waals surface area contributed by atoms with Crippen LogP contribution in [0, 0.1) is 11.8 Å². The van der Waals surface area contributed by atoms with Crippen LogP contribution in [0.5, 0.6) is 0 Å². The highest BCUT2D eigenvalue weighted by molar-refractivity contribution is 5.87. The number of pyridine rings is 2. The Kier molecular flexibility index (Phi) is 4.66. The predicted octanol–water partition coefficient (Wildman–Crippen LogP) is 1.99. The third-order valence-corrected chi connectivity index (χ3v) is 6.14. The lowest BCUT2D eigenvalue weighted by atomic mass is 9.86. The molecule has 7 nitrogen and oxygen atoms in total. The molecule has 4 heterocycles. The molecular weight excluding hydrogens is 406 g/mol. The van der Waals surface area contributed by atoms with Crippen molar-refractivity contribution in [1.29, 1.82) is 0 Å². The number of fused-ring (bicyclic) bond motifs is 5. The highest BCUT2D eigenvalue weighted by Crippen LogP contribution is 2.38. The van der Waals surface area contributed by atoms with E-state index in [9.17, 15) is 14.7 Å². The minimum Gasteiger partial charge on any atom is -0.458 e. The van der Waals surface area contributed by atoms with Crippen molar-refractivity contribution in [2.45, 2.75) is 32.1 Å². The van der Waals surface area contributed by atoms with Gasteiger partial charge in [-0.15, -0.1) is 0 Å². The molecule has 0 fully saturated rings. The Bertz CT molecular complexity index is 1410. The maximum atomic E-state index is 13.2. The number of nitrogens with zero attached hydrogens (tertiary/aromatic N) is 3. The normalized spacial score (nSPS) is 18.6. The molecular formula is C25H23N3O4. The van der Waals surface area contributed by atoms with Crippen LogP contribution in [0.4, 0.5) is 0 Å². The summed E-state index contributed by atoms with van der Waals surface area (Å²) < 4.78 is 6.76. The molecule has 0 amide bonds. The molecule has 0 saturated carbocycles. The maximum Gasteiger partial charge on any atom is 0.343 e. The van der Waals surface area contributed by atoms with Crippen LogP contribution in [-0.2, 0) is 28.3 Å². The molecule has 1 atom stereocenters. The zero-order valence-electron chi connectivity index (χ0n) is 18.2. The maximum absolute atomic E-state index is 13.2. The highest BCUT2D eigenvalue weighted by atomic mass is 16.6. The van der Waals surface area contributed by atoms with E-state index in [1.54, 1.807) is 17.6 Å². The van der Waals surface area contributed by atoms with Gasteiger partial charge in [0.2, 0.25) is 0 Å². The number of esters is 1. The zero-order valence-corrected chi connectivity index (χ0v) is 18.2. The second-order valence-electron chi connectivity index (χ2n) is 8.55. The molecule has 0 radical (unpaired) electrons. The molecule has 1 aromatic carbocycles. The van der Waals surface area contributed by atoms with Gasteiger partial charge in [-0.1, -0.05) is 18.8 Å². The molecule has 1 N–H and O–H groups in total. The molecule has 2 aliphatic heterocycles. The third kappa shape index (κ3) is 3.03. The molecule has 0 bridgehead atoms. The molecule has 5 rings (SSSR count). The van der Waals surface area contributed by atoms with Crippen LogP contribution >= 0.6 is 0 Å². The van der Waals surface area contributed by atoms with Gasteiger partial charge >= 0.3 is 5.97 Å². The summed E-state index contributed by atoms with van der Waals surface area (Å²) in [6.45, 7) is 2.63. The van der Waals surface area contributed by atoms with Crippen LogP contribution in [0.1, 0.15) is 35.6 Å². The molecule has 2 aliphatic rings. The summed E-state index contributed by atoms with van der Waals surface area (Å²) in [5.74, 6) is 5.59. The van der Waals surface area contributed by atoms with Crippen molar-refractivity contribution in [3.05, 3.63) is 62.9 Å². The number of aliphatic hydroxyl groups is 1. The first-order valence-electron chi connectivity index (χ1n) is 10.6. The quantitative estimate of drug-likeness (QED) is 0.388. The van der Waals surface area contributed by atoms with Crippen LogP contribution in [0.3, 0.4) is 0 Å². The van der Waals surface area contributed by atoms with Crippen LogP contribution in [0.2, 0.25) is 0 Å². The van der Waals surface area contributed by atoms with Gasteiger partial charge in [0.05, 0.1) is 35.6 Å². The molecule has 0 aliphatic carbocycles. The summed E-state index contributed by atoms with van der Waals surface area (Å²) in [6, 6.07) is 9.63. The molecule has 32 heavy (non-hydrogen) atoms. The van der Waals surface area contributed by atoms with E-state index in [-0.39, 0.29) is 18.6 Å². The van der Waals surface area contributed by atoms with E-state index in [1.165, 1.54) is 0 Å². The fraction of sp³-hybridized carbons (Fsp3) is 0.320. The summed E-state index contributed by atoms with van der Waals surface area (Å²) in [5.41, 5.74) is 2.52. The van der Waals surface area contributed by atoms with Gasteiger partial charge in [0.1, 0.15) is 6.61 Å². The Labute approximate surface area is 185 Å². The average Bonchev–Trinajstić information content (AvgIpc) is 3.12. The van der Waals surface area contributed by atoms with Gasteiger partial charge in [0.15, 0.2) is 5.60 Å². The standard InChI is InChI=1S/C25H23N3O4/c1-4-25(31)19-12-21-22-17(13-28(21)23(29)18(19)14-32-24(25)30)11-16-10-15(6-5-9-27(2)3)7-8-20(16)26-22/h7-8,10-12,31H,4,9,13-14H2,1-3H3/t25-/m0/s1. The van der Waals surface area contributed by atoms with Crippen LogP contribution < -0.4 is 5.56 Å². The second kappa shape index (κ2) is 7.30. The summed E-state index contributed by atoms with van der Waals surface area (Å²) >= 11 is 0. The summed E-state index contributed by atoms with van der Waals surface area (Å²) in [7, 11) is 3.95. The predicted molar refractivity (Wildman–Crippen MR) is 120 cm³/mol. The molecule has 0 unspecified atom stereocenters. The van der Waals surface area contributed by atoms with Crippen molar-refractivity contribution >= 4 is 16.9 Å². The third-order valence-electron chi connectivity index (χ3n) is 6.14. The first-order valence-corrected chi connectivity index (χ1v) is 10.6. The minimum atomic E-state index is -1.82. The lowest BCUT2D eigenvalue weighted by Crippen LogP contribution is -2.44. The smallest absolute Gasteiger partial charge is 0.343 e. The fourth-order valence-corrected chi connectivity index (χ4v) is 4.36. The first kappa shape index (κ1) is 20.4. The zero-order chi connectivity index (χ0) is 22.6. The van der Waals surface area contributed by atoms with Gasteiger partial charge in [-0.05, 0) is 50.8 Å². The van der Waals surface area contributed by atoms with E-state index in [0.29, 0.717) is 35.6 Å². The molecule has 162 valence electrons. The van der Waals surface area contributed by atoms with Crippen molar-refractivity contribution in [3.63, 3.8) is 0 Å². The van der Waals surface area contributed by atoms with Gasteiger partial charge in [-0.25, -0.2) is 9.78 Å². The van der Waals surface area contributed by atoms with E-state index in [4.69, 9.17) is 9.72 Å². The van der Waals surface area contributed by atoms with E-state index in [0.717, 1.165) is 22.0 Å². The number of cyclic esters (lactones) is 1. The van der Waals surface area contributed by atoms with E-state index >= 15 is 0 Å². The molecule has 7 heteroatoms. The van der Waals surface area contributed by atoms with Crippen molar-refractivity contribution in [2.75, 3.05) is 20.6 Å². The lowest BCUT2D eigenvalue weighted by molar-refractivity contribution is -0.172. The Balaban J connectivity index is 1.63. The summed E-state index contributed by atoms with van der Waals surface area (Å²) in [5, 5.41) is 11.9. The van der Waals surface area contributed by atoms with E-state index < -0.39 is 11.6 Å². The number of hydrogen-bond acceptors (Lipinski definition) is 6. The number of carbonyl (C=O) groups is 1. The van der Waals surface area contributed by atoms with E-state index in [1.807, 2.05) is 43.3 Å². The molecule has 3 aromatic rings. The van der Waals surface area contributed by atoms with Gasteiger partial charge in [-0.2, -0.15) is 0 Å². The minimum absolute atomic E-state index is 0.122. The number of hydrogen-bond donors (Lipinski definition) is 1. The number of ether oxygens (including phenoxy) is 1. The van der Waals surface area contributed by atoms with Gasteiger partial charge < -0.3 is 14.4 Å². The molecule has 0 spiro atoms. The first-order chi connectivity index (χ1) is 15.3. The molecule has 2 aromatic heterocycles. The Morgan fingerprint density at radius 2 is 2.06 bits per heavy atom. The Morgan fingerprint density at radius 1 is 1.25 bits per heavy atom. The van der Waals surface area contributed by atoms with Crippen LogP contribution in [-0.4, -0.2) is 46.2 Å². The van der Waals surface area contributed by atoms with Crippen LogP contribution in [0.15, 0.2) is 35.1 Å².